The molecule has 3 nitrogen and oxygen atoms in total. The summed E-state index contributed by atoms with van der Waals surface area (Å²) in [5.74, 6) is -0.727. The second kappa shape index (κ2) is 6.41. The number of rotatable bonds is 2. The molecule has 20 heavy (non-hydrogen) atoms. The lowest BCUT2D eigenvalue weighted by Gasteiger charge is -2.37. The van der Waals surface area contributed by atoms with Gasteiger partial charge in [0.2, 0.25) is 0 Å². The van der Waals surface area contributed by atoms with E-state index in [2.05, 4.69) is 34.7 Å². The third-order valence-electron chi connectivity index (χ3n) is 3.56. The summed E-state index contributed by atoms with van der Waals surface area (Å²) in [4.78, 5) is 16.4. The van der Waals surface area contributed by atoms with E-state index < -0.39 is 5.82 Å². The van der Waals surface area contributed by atoms with Crippen LogP contribution in [0.5, 0.6) is 0 Å². The average Bonchev–Trinajstić information content (AvgIpc) is 2.43. The molecule has 0 aromatic heterocycles. The molecule has 0 spiro atoms. The highest BCUT2D eigenvalue weighted by Crippen LogP contribution is 2.27. The molecule has 1 fully saturated rings. The Hall–Kier alpha value is -0.650. The van der Waals surface area contributed by atoms with E-state index in [9.17, 15) is 9.18 Å². The van der Waals surface area contributed by atoms with Crippen LogP contribution < -0.4 is 0 Å². The first-order chi connectivity index (χ1) is 9.40. The highest BCUT2D eigenvalue weighted by molar-refractivity contribution is 9.10. The summed E-state index contributed by atoms with van der Waals surface area (Å²) < 4.78 is 14.0. The molecule has 1 aliphatic heterocycles. The normalized spacial score (nSPS) is 16.8. The first kappa shape index (κ1) is 15.7. The Bertz CT molecular complexity index is 493. The number of hydrogen-bond acceptors (Lipinski definition) is 2. The van der Waals surface area contributed by atoms with Gasteiger partial charge in [-0.2, -0.15) is 0 Å². The van der Waals surface area contributed by atoms with Crippen molar-refractivity contribution in [3.8, 4) is 0 Å². The molecule has 2 rings (SSSR count). The van der Waals surface area contributed by atoms with Gasteiger partial charge in [0, 0.05) is 42.3 Å². The van der Waals surface area contributed by atoms with Crippen LogP contribution in [-0.2, 0) is 0 Å². The molecule has 0 bridgehead atoms. The number of benzene rings is 1. The van der Waals surface area contributed by atoms with Crippen LogP contribution in [0.1, 0.15) is 24.2 Å². The third kappa shape index (κ3) is 3.32. The fourth-order valence-electron chi connectivity index (χ4n) is 2.30. The summed E-state index contributed by atoms with van der Waals surface area (Å²) in [5.41, 5.74) is 0.330. The number of halogens is 3. The average molecular weight is 364 g/mol. The Morgan fingerprint density at radius 1 is 1.30 bits per heavy atom. The molecule has 1 heterocycles. The summed E-state index contributed by atoms with van der Waals surface area (Å²) in [6.45, 7) is 7.31. The number of amides is 1. The van der Waals surface area contributed by atoms with E-state index in [4.69, 9.17) is 11.6 Å². The Labute approximate surface area is 131 Å². The van der Waals surface area contributed by atoms with Crippen molar-refractivity contribution < 1.29 is 9.18 Å². The zero-order chi connectivity index (χ0) is 14.9. The quantitative estimate of drug-likeness (QED) is 0.752. The van der Waals surface area contributed by atoms with E-state index in [1.54, 1.807) is 11.0 Å². The third-order valence-corrected chi connectivity index (χ3v) is 4.80. The molecule has 1 aliphatic rings. The number of carbonyl (C=O) groups excluding carboxylic acids is 1. The van der Waals surface area contributed by atoms with E-state index in [0.29, 0.717) is 29.2 Å². The first-order valence-corrected chi connectivity index (χ1v) is 7.75. The first-order valence-electron chi connectivity index (χ1n) is 6.58. The molecule has 1 aromatic rings. The predicted molar refractivity (Wildman–Crippen MR) is 81.7 cm³/mol. The summed E-state index contributed by atoms with van der Waals surface area (Å²) in [6, 6.07) is 3.25. The topological polar surface area (TPSA) is 23.6 Å². The second-order valence-electron chi connectivity index (χ2n) is 5.18. The van der Waals surface area contributed by atoms with Gasteiger partial charge < -0.3 is 4.90 Å². The molecular formula is C14H17BrClFN2O. The highest BCUT2D eigenvalue weighted by Gasteiger charge is 2.24. The molecule has 0 saturated carbocycles. The zero-order valence-electron chi connectivity index (χ0n) is 11.5. The van der Waals surface area contributed by atoms with Crippen LogP contribution in [0.2, 0.25) is 5.02 Å². The van der Waals surface area contributed by atoms with E-state index in [0.717, 1.165) is 13.1 Å². The van der Waals surface area contributed by atoms with Gasteiger partial charge in [-0.3, -0.25) is 9.69 Å². The van der Waals surface area contributed by atoms with Gasteiger partial charge in [0.15, 0.2) is 0 Å². The Morgan fingerprint density at radius 3 is 2.40 bits per heavy atom. The van der Waals surface area contributed by atoms with E-state index in [-0.39, 0.29) is 10.9 Å². The van der Waals surface area contributed by atoms with Gasteiger partial charge in [-0.25, -0.2) is 4.39 Å². The van der Waals surface area contributed by atoms with Crippen LogP contribution in [0, 0.1) is 5.82 Å². The van der Waals surface area contributed by atoms with E-state index in [1.165, 1.54) is 6.07 Å². The largest absolute Gasteiger partial charge is 0.336 e. The second-order valence-corrected chi connectivity index (χ2v) is 6.41. The van der Waals surface area contributed by atoms with Crippen LogP contribution >= 0.6 is 27.5 Å². The lowest BCUT2D eigenvalue weighted by atomic mass is 10.1. The van der Waals surface area contributed by atoms with Crippen molar-refractivity contribution in [2.75, 3.05) is 26.2 Å². The van der Waals surface area contributed by atoms with Crippen molar-refractivity contribution in [2.24, 2.45) is 0 Å². The van der Waals surface area contributed by atoms with Crippen molar-refractivity contribution in [1.29, 1.82) is 0 Å². The number of nitrogens with zero attached hydrogens (tertiary/aromatic N) is 2. The standard InChI is InChI=1S/C14H17BrClFN2O/c1-9(2)18-3-5-19(6-4-18)14(20)10-7-11(15)13(16)12(17)8-10/h7-9H,3-6H2,1-2H3. The maximum absolute atomic E-state index is 13.6. The Kier molecular flexibility index (Phi) is 5.04. The predicted octanol–water partition coefficient (Wildman–Crippen LogP) is 3.41. The van der Waals surface area contributed by atoms with Crippen LogP contribution in [0.25, 0.3) is 0 Å². The molecule has 0 unspecified atom stereocenters. The molecule has 1 saturated heterocycles. The summed E-state index contributed by atoms with van der Waals surface area (Å²) in [5, 5.41) is 0.00572. The summed E-state index contributed by atoms with van der Waals surface area (Å²) >= 11 is 8.91. The van der Waals surface area contributed by atoms with Gasteiger partial charge in [-0.1, -0.05) is 11.6 Å². The van der Waals surface area contributed by atoms with Crippen molar-refractivity contribution in [3.05, 3.63) is 33.0 Å². The van der Waals surface area contributed by atoms with Gasteiger partial charge in [0.25, 0.3) is 5.91 Å². The molecule has 6 heteroatoms. The van der Waals surface area contributed by atoms with Gasteiger partial charge in [-0.05, 0) is 41.9 Å². The molecule has 1 amide bonds. The van der Waals surface area contributed by atoms with Crippen LogP contribution in [0.3, 0.4) is 0 Å². The molecule has 1 aromatic carbocycles. The molecule has 0 atom stereocenters. The maximum Gasteiger partial charge on any atom is 0.254 e. The minimum atomic E-state index is -0.579. The van der Waals surface area contributed by atoms with Gasteiger partial charge in [0.1, 0.15) is 5.82 Å². The number of hydrogen-bond donors (Lipinski definition) is 0. The Balaban J connectivity index is 2.09. The smallest absolute Gasteiger partial charge is 0.254 e. The minimum Gasteiger partial charge on any atom is -0.336 e. The maximum atomic E-state index is 13.6. The fourth-order valence-corrected chi connectivity index (χ4v) is 2.85. The van der Waals surface area contributed by atoms with Crippen molar-refractivity contribution >= 4 is 33.4 Å². The molecule has 0 N–H and O–H groups in total. The molecule has 0 radical (unpaired) electrons. The monoisotopic (exact) mass is 362 g/mol. The lowest BCUT2D eigenvalue weighted by molar-refractivity contribution is 0.0595. The van der Waals surface area contributed by atoms with Gasteiger partial charge in [0.05, 0.1) is 5.02 Å². The van der Waals surface area contributed by atoms with Crippen molar-refractivity contribution in [2.45, 2.75) is 19.9 Å². The van der Waals surface area contributed by atoms with Crippen LogP contribution in [0.15, 0.2) is 16.6 Å². The molecular weight excluding hydrogens is 347 g/mol. The number of piperazine rings is 1. The lowest BCUT2D eigenvalue weighted by Crippen LogP contribution is -2.50. The molecule has 0 aliphatic carbocycles. The highest BCUT2D eigenvalue weighted by atomic mass is 79.9. The Morgan fingerprint density at radius 2 is 1.90 bits per heavy atom. The molecule has 110 valence electrons. The van der Waals surface area contributed by atoms with Gasteiger partial charge >= 0.3 is 0 Å². The fraction of sp³-hybridized carbons (Fsp3) is 0.500. The SMILES string of the molecule is CC(C)N1CCN(C(=O)c2cc(F)c(Cl)c(Br)c2)CC1. The summed E-state index contributed by atoms with van der Waals surface area (Å²) in [6.07, 6.45) is 0. The van der Waals surface area contributed by atoms with Crippen LogP contribution in [0.4, 0.5) is 4.39 Å². The van der Waals surface area contributed by atoms with Crippen LogP contribution in [-0.4, -0.2) is 47.9 Å². The van der Waals surface area contributed by atoms with E-state index >= 15 is 0 Å². The van der Waals surface area contributed by atoms with Gasteiger partial charge in [-0.15, -0.1) is 0 Å². The minimum absolute atomic E-state index is 0.00572. The van der Waals surface area contributed by atoms with Crippen molar-refractivity contribution in [1.82, 2.24) is 9.80 Å². The van der Waals surface area contributed by atoms with Crippen molar-refractivity contribution in [3.63, 3.8) is 0 Å². The number of carbonyl (C=O) groups is 1. The van der Waals surface area contributed by atoms with E-state index in [1.807, 2.05) is 0 Å². The summed E-state index contributed by atoms with van der Waals surface area (Å²) in [7, 11) is 0. The zero-order valence-corrected chi connectivity index (χ0v) is 13.8.